The monoisotopic (exact) mass is 368 g/mol. The van der Waals surface area contributed by atoms with Gasteiger partial charge in [0.15, 0.2) is 6.10 Å². The number of benzene rings is 1. The summed E-state index contributed by atoms with van der Waals surface area (Å²) < 4.78 is 6.64. The predicted molar refractivity (Wildman–Crippen MR) is 92.2 cm³/mol. The van der Waals surface area contributed by atoms with Crippen molar-refractivity contribution in [2.45, 2.75) is 39.7 Å². The second-order valence-corrected chi connectivity index (χ2v) is 7.33. The lowest BCUT2D eigenvalue weighted by molar-refractivity contribution is -0.127. The molecular weight excluding hydrogens is 344 g/mol. The highest BCUT2D eigenvalue weighted by molar-refractivity contribution is 9.10. The second-order valence-electron chi connectivity index (χ2n) is 6.47. The third-order valence-corrected chi connectivity index (χ3v) is 4.88. The standard InChI is InChI=1S/C17H25BrN2O2/c1-12-4-5-15(14(18)10-12)22-13(2)16(21)20-11-17(3)6-8-19-9-7-17/h4-5,10,13,19H,6-9,11H2,1-3H3,(H,20,21). The Bertz CT molecular complexity index is 527. The van der Waals surface area contributed by atoms with Gasteiger partial charge in [-0.05, 0) is 78.8 Å². The van der Waals surface area contributed by atoms with E-state index in [0.717, 1.165) is 36.0 Å². The van der Waals surface area contributed by atoms with E-state index in [-0.39, 0.29) is 11.3 Å². The van der Waals surface area contributed by atoms with E-state index in [2.05, 4.69) is 33.5 Å². The maximum atomic E-state index is 12.2. The molecular formula is C17H25BrN2O2. The maximum Gasteiger partial charge on any atom is 0.260 e. The Morgan fingerprint density at radius 3 is 2.77 bits per heavy atom. The van der Waals surface area contributed by atoms with E-state index in [1.807, 2.05) is 25.1 Å². The summed E-state index contributed by atoms with van der Waals surface area (Å²) in [5.74, 6) is 0.633. The lowest BCUT2D eigenvalue weighted by atomic mass is 9.81. The summed E-state index contributed by atoms with van der Waals surface area (Å²) in [4.78, 5) is 12.2. The Labute approximate surface area is 141 Å². The van der Waals surface area contributed by atoms with Crippen LogP contribution in [-0.4, -0.2) is 31.6 Å². The first-order valence-electron chi connectivity index (χ1n) is 7.81. The summed E-state index contributed by atoms with van der Waals surface area (Å²) in [6.45, 7) is 8.78. The molecule has 0 saturated carbocycles. The van der Waals surface area contributed by atoms with Crippen LogP contribution in [0, 0.1) is 12.3 Å². The molecule has 2 rings (SSSR count). The minimum absolute atomic E-state index is 0.0627. The first-order valence-corrected chi connectivity index (χ1v) is 8.60. The number of amides is 1. The number of aryl methyl sites for hydroxylation is 1. The summed E-state index contributed by atoms with van der Waals surface area (Å²) in [5.41, 5.74) is 1.33. The van der Waals surface area contributed by atoms with Crippen LogP contribution in [0.1, 0.15) is 32.3 Å². The Balaban J connectivity index is 1.86. The zero-order chi connectivity index (χ0) is 16.2. The number of carbonyl (C=O) groups excluding carboxylic acids is 1. The molecule has 1 aliphatic rings. The lowest BCUT2D eigenvalue weighted by Crippen LogP contribution is -2.45. The van der Waals surface area contributed by atoms with Crippen molar-refractivity contribution >= 4 is 21.8 Å². The summed E-state index contributed by atoms with van der Waals surface area (Å²) in [7, 11) is 0. The molecule has 1 aliphatic heterocycles. The molecule has 1 aromatic carbocycles. The van der Waals surface area contributed by atoms with E-state index in [1.165, 1.54) is 0 Å². The molecule has 22 heavy (non-hydrogen) atoms. The Morgan fingerprint density at radius 1 is 1.45 bits per heavy atom. The third-order valence-electron chi connectivity index (χ3n) is 4.26. The summed E-state index contributed by atoms with van der Waals surface area (Å²) >= 11 is 3.47. The molecule has 0 aromatic heterocycles. The molecule has 1 amide bonds. The summed E-state index contributed by atoms with van der Waals surface area (Å²) in [5, 5.41) is 6.39. The molecule has 1 saturated heterocycles. The number of halogens is 1. The summed E-state index contributed by atoms with van der Waals surface area (Å²) in [6.07, 6.45) is 1.67. The average molecular weight is 369 g/mol. The van der Waals surface area contributed by atoms with Crippen molar-refractivity contribution in [2.75, 3.05) is 19.6 Å². The largest absolute Gasteiger partial charge is 0.480 e. The fourth-order valence-electron chi connectivity index (χ4n) is 2.60. The van der Waals surface area contributed by atoms with Crippen molar-refractivity contribution in [3.63, 3.8) is 0 Å². The third kappa shape index (κ3) is 4.71. The Kier molecular flexibility index (Phi) is 5.87. The van der Waals surface area contributed by atoms with Crippen LogP contribution >= 0.6 is 15.9 Å². The van der Waals surface area contributed by atoms with Gasteiger partial charge in [0.2, 0.25) is 0 Å². The van der Waals surface area contributed by atoms with Crippen molar-refractivity contribution in [1.82, 2.24) is 10.6 Å². The van der Waals surface area contributed by atoms with E-state index >= 15 is 0 Å². The molecule has 5 heteroatoms. The number of ether oxygens (including phenoxy) is 1. The van der Waals surface area contributed by atoms with Gasteiger partial charge in [-0.15, -0.1) is 0 Å². The highest BCUT2D eigenvalue weighted by atomic mass is 79.9. The van der Waals surface area contributed by atoms with Crippen molar-refractivity contribution in [1.29, 1.82) is 0 Å². The fourth-order valence-corrected chi connectivity index (χ4v) is 3.18. The topological polar surface area (TPSA) is 50.4 Å². The van der Waals surface area contributed by atoms with Gasteiger partial charge in [-0.2, -0.15) is 0 Å². The molecule has 4 nitrogen and oxygen atoms in total. The quantitative estimate of drug-likeness (QED) is 0.839. The van der Waals surface area contributed by atoms with Crippen molar-refractivity contribution in [3.05, 3.63) is 28.2 Å². The van der Waals surface area contributed by atoms with Gasteiger partial charge in [0.25, 0.3) is 5.91 Å². The number of carbonyl (C=O) groups is 1. The van der Waals surface area contributed by atoms with Crippen molar-refractivity contribution in [2.24, 2.45) is 5.41 Å². The van der Waals surface area contributed by atoms with Crippen LogP contribution < -0.4 is 15.4 Å². The molecule has 0 radical (unpaired) electrons. The molecule has 2 N–H and O–H groups in total. The molecule has 122 valence electrons. The van der Waals surface area contributed by atoms with Crippen LogP contribution in [0.5, 0.6) is 5.75 Å². The molecule has 1 aromatic rings. The molecule has 0 bridgehead atoms. The van der Waals surface area contributed by atoms with Crippen LogP contribution in [0.3, 0.4) is 0 Å². The molecule has 0 aliphatic carbocycles. The van der Waals surface area contributed by atoms with Crippen LogP contribution in [-0.2, 0) is 4.79 Å². The molecule has 1 fully saturated rings. The van der Waals surface area contributed by atoms with Gasteiger partial charge in [0, 0.05) is 6.54 Å². The number of nitrogens with one attached hydrogen (secondary N) is 2. The van der Waals surface area contributed by atoms with Crippen molar-refractivity contribution in [3.8, 4) is 5.75 Å². The van der Waals surface area contributed by atoms with Crippen LogP contribution in [0.15, 0.2) is 22.7 Å². The van der Waals surface area contributed by atoms with Crippen LogP contribution in [0.25, 0.3) is 0 Å². The first-order chi connectivity index (χ1) is 10.4. The van der Waals surface area contributed by atoms with Crippen LogP contribution in [0.2, 0.25) is 0 Å². The number of rotatable bonds is 5. The van der Waals surface area contributed by atoms with Gasteiger partial charge in [0.05, 0.1) is 4.47 Å². The highest BCUT2D eigenvalue weighted by Gasteiger charge is 2.28. The normalized spacial score (nSPS) is 18.5. The average Bonchev–Trinajstić information content (AvgIpc) is 2.48. The highest BCUT2D eigenvalue weighted by Crippen LogP contribution is 2.28. The second kappa shape index (κ2) is 7.47. The SMILES string of the molecule is Cc1ccc(OC(C)C(=O)NCC2(C)CCNCC2)c(Br)c1. The molecule has 1 heterocycles. The van der Waals surface area contributed by atoms with Crippen LogP contribution in [0.4, 0.5) is 0 Å². The van der Waals surface area contributed by atoms with Gasteiger partial charge >= 0.3 is 0 Å². The van der Waals surface area contributed by atoms with E-state index in [4.69, 9.17) is 4.74 Å². The Hall–Kier alpha value is -1.07. The fraction of sp³-hybridized carbons (Fsp3) is 0.588. The molecule has 1 atom stereocenters. The minimum atomic E-state index is -0.510. The zero-order valence-corrected chi connectivity index (χ0v) is 15.1. The first kappa shape index (κ1) is 17.3. The van der Waals surface area contributed by atoms with E-state index in [9.17, 15) is 4.79 Å². The smallest absolute Gasteiger partial charge is 0.260 e. The number of piperidine rings is 1. The van der Waals surface area contributed by atoms with Gasteiger partial charge in [-0.25, -0.2) is 0 Å². The lowest BCUT2D eigenvalue weighted by Gasteiger charge is -2.34. The number of hydrogen-bond acceptors (Lipinski definition) is 3. The molecule has 0 spiro atoms. The Morgan fingerprint density at radius 2 is 2.14 bits per heavy atom. The van der Waals surface area contributed by atoms with E-state index < -0.39 is 6.10 Å². The van der Waals surface area contributed by atoms with Gasteiger partial charge < -0.3 is 15.4 Å². The zero-order valence-electron chi connectivity index (χ0n) is 13.5. The van der Waals surface area contributed by atoms with E-state index in [1.54, 1.807) is 6.92 Å². The maximum absolute atomic E-state index is 12.2. The van der Waals surface area contributed by atoms with Gasteiger partial charge in [0.1, 0.15) is 5.75 Å². The summed E-state index contributed by atoms with van der Waals surface area (Å²) in [6, 6.07) is 5.84. The van der Waals surface area contributed by atoms with Gasteiger partial charge in [-0.3, -0.25) is 4.79 Å². The van der Waals surface area contributed by atoms with Gasteiger partial charge in [-0.1, -0.05) is 13.0 Å². The predicted octanol–water partition coefficient (Wildman–Crippen LogP) is 3.03. The minimum Gasteiger partial charge on any atom is -0.480 e. The number of hydrogen-bond donors (Lipinski definition) is 2. The molecule has 1 unspecified atom stereocenters. The van der Waals surface area contributed by atoms with Crippen molar-refractivity contribution < 1.29 is 9.53 Å². The van der Waals surface area contributed by atoms with E-state index in [0.29, 0.717) is 12.3 Å².